The Balaban J connectivity index is 2.41. The molecule has 0 radical (unpaired) electrons. The minimum Gasteiger partial charge on any atom is -0.352 e. The lowest BCUT2D eigenvalue weighted by atomic mass is 10.2. The molecule has 0 unspecified atom stereocenters. The van der Waals surface area contributed by atoms with Gasteiger partial charge in [0.25, 0.3) is 5.91 Å². The van der Waals surface area contributed by atoms with Gasteiger partial charge in [0.15, 0.2) is 0 Å². The number of likely N-dealkylation sites (N-methyl/N-ethyl adjacent to an activating group) is 1. The van der Waals surface area contributed by atoms with E-state index in [0.717, 1.165) is 21.9 Å². The van der Waals surface area contributed by atoms with Gasteiger partial charge in [-0.3, -0.25) is 9.69 Å². The Hall–Kier alpha value is -2.04. The molecule has 1 aliphatic heterocycles. The van der Waals surface area contributed by atoms with Gasteiger partial charge in [0.1, 0.15) is 5.70 Å². The van der Waals surface area contributed by atoms with Gasteiger partial charge in [0.2, 0.25) is 0 Å². The van der Waals surface area contributed by atoms with Crippen LogP contribution in [0.1, 0.15) is 17.0 Å². The predicted molar refractivity (Wildman–Crippen MR) is 64.2 cm³/mol. The summed E-state index contributed by atoms with van der Waals surface area (Å²) in [5.41, 5.74) is 3.45. The van der Waals surface area contributed by atoms with Crippen molar-refractivity contribution in [3.63, 3.8) is 0 Å². The second-order valence-corrected chi connectivity index (χ2v) is 4.24. The Bertz CT molecular complexity index is 540. The van der Waals surface area contributed by atoms with Crippen LogP contribution >= 0.6 is 0 Å². The second kappa shape index (κ2) is 3.76. The number of rotatable bonds is 1. The lowest BCUT2D eigenvalue weighted by Gasteiger charge is -2.00. The molecule has 0 bridgehead atoms. The highest BCUT2D eigenvalue weighted by molar-refractivity contribution is 6.13. The van der Waals surface area contributed by atoms with Crippen LogP contribution in [-0.4, -0.2) is 28.5 Å². The Morgan fingerprint density at radius 3 is 2.29 bits per heavy atom. The van der Waals surface area contributed by atoms with Gasteiger partial charge in [0, 0.05) is 25.5 Å². The molecule has 1 fully saturated rings. The maximum atomic E-state index is 11.7. The molecular weight excluding hydrogens is 218 g/mol. The maximum absolute atomic E-state index is 11.7. The first-order valence-electron chi connectivity index (χ1n) is 5.35. The van der Waals surface area contributed by atoms with Crippen molar-refractivity contribution in [3.05, 3.63) is 28.7 Å². The number of amides is 3. The van der Waals surface area contributed by atoms with Crippen LogP contribution in [0, 0.1) is 13.8 Å². The molecule has 0 saturated carbocycles. The van der Waals surface area contributed by atoms with Gasteiger partial charge in [-0.2, -0.15) is 0 Å². The van der Waals surface area contributed by atoms with Crippen LogP contribution < -0.4 is 5.32 Å². The van der Waals surface area contributed by atoms with E-state index in [0.29, 0.717) is 5.70 Å². The van der Waals surface area contributed by atoms with Crippen molar-refractivity contribution in [2.24, 2.45) is 7.05 Å². The maximum Gasteiger partial charge on any atom is 0.328 e. The van der Waals surface area contributed by atoms with Crippen LogP contribution in [0.3, 0.4) is 0 Å². The molecule has 1 aromatic rings. The van der Waals surface area contributed by atoms with Crippen molar-refractivity contribution in [2.75, 3.05) is 7.05 Å². The monoisotopic (exact) mass is 233 g/mol. The Morgan fingerprint density at radius 2 is 1.88 bits per heavy atom. The van der Waals surface area contributed by atoms with Crippen LogP contribution in [0.15, 0.2) is 11.8 Å². The van der Waals surface area contributed by atoms with E-state index in [2.05, 4.69) is 5.32 Å². The lowest BCUT2D eigenvalue weighted by molar-refractivity contribution is -0.121. The van der Waals surface area contributed by atoms with E-state index in [9.17, 15) is 9.59 Å². The highest BCUT2D eigenvalue weighted by atomic mass is 16.2. The van der Waals surface area contributed by atoms with Crippen LogP contribution in [0.4, 0.5) is 4.79 Å². The number of carbonyl (C=O) groups is 2. The van der Waals surface area contributed by atoms with E-state index in [1.165, 1.54) is 7.05 Å². The van der Waals surface area contributed by atoms with Crippen molar-refractivity contribution >= 4 is 18.0 Å². The SMILES string of the molecule is Cc1cc(/C=C2/NC(=O)N(C)C2=O)c(C)n1C. The Labute approximate surface area is 99.7 Å². The molecule has 17 heavy (non-hydrogen) atoms. The third-order valence-electron chi connectivity index (χ3n) is 3.20. The summed E-state index contributed by atoms with van der Waals surface area (Å²) in [5, 5.41) is 2.55. The fourth-order valence-electron chi connectivity index (χ4n) is 1.81. The normalized spacial score (nSPS) is 18.1. The lowest BCUT2D eigenvalue weighted by Crippen LogP contribution is -2.25. The van der Waals surface area contributed by atoms with Crippen molar-refractivity contribution in [1.82, 2.24) is 14.8 Å². The minimum atomic E-state index is -0.383. The summed E-state index contributed by atoms with van der Waals surface area (Å²) in [6.45, 7) is 3.97. The molecule has 1 N–H and O–H groups in total. The number of hydrogen-bond acceptors (Lipinski definition) is 2. The average molecular weight is 233 g/mol. The highest BCUT2D eigenvalue weighted by Gasteiger charge is 2.30. The third kappa shape index (κ3) is 1.73. The largest absolute Gasteiger partial charge is 0.352 e. The summed E-state index contributed by atoms with van der Waals surface area (Å²) in [6, 6.07) is 1.60. The van der Waals surface area contributed by atoms with Crippen LogP contribution in [0.25, 0.3) is 6.08 Å². The number of aromatic nitrogens is 1. The number of urea groups is 1. The molecule has 1 aliphatic rings. The fraction of sp³-hybridized carbons (Fsp3) is 0.333. The number of nitrogens with one attached hydrogen (secondary N) is 1. The van der Waals surface area contributed by atoms with E-state index >= 15 is 0 Å². The topological polar surface area (TPSA) is 54.3 Å². The summed E-state index contributed by atoms with van der Waals surface area (Å²) in [6.07, 6.45) is 1.71. The zero-order valence-electron chi connectivity index (χ0n) is 10.4. The average Bonchev–Trinajstić information content (AvgIpc) is 2.66. The first-order chi connectivity index (χ1) is 7.91. The van der Waals surface area contributed by atoms with Crippen LogP contribution in [0.5, 0.6) is 0 Å². The molecular formula is C12H15N3O2. The standard InChI is InChI=1S/C12H15N3O2/c1-7-5-9(8(2)14(7)3)6-10-11(16)15(4)12(17)13-10/h5-6H,1-4H3,(H,13,17)/b10-6+. The third-order valence-corrected chi connectivity index (χ3v) is 3.20. The molecule has 1 saturated heterocycles. The molecule has 5 nitrogen and oxygen atoms in total. The summed E-state index contributed by atoms with van der Waals surface area (Å²) in [4.78, 5) is 24.0. The molecule has 0 spiro atoms. The van der Waals surface area contributed by atoms with Gasteiger partial charge < -0.3 is 9.88 Å². The van der Waals surface area contributed by atoms with Gasteiger partial charge in [-0.25, -0.2) is 4.79 Å². The van der Waals surface area contributed by atoms with Gasteiger partial charge >= 0.3 is 6.03 Å². The molecule has 2 heterocycles. The number of nitrogens with zero attached hydrogens (tertiary/aromatic N) is 2. The van der Waals surface area contributed by atoms with Crippen LogP contribution in [0.2, 0.25) is 0 Å². The molecule has 2 rings (SSSR count). The predicted octanol–water partition coefficient (Wildman–Crippen LogP) is 1.16. The smallest absolute Gasteiger partial charge is 0.328 e. The minimum absolute atomic E-state index is 0.295. The Kier molecular flexibility index (Phi) is 2.53. The first kappa shape index (κ1) is 11.4. The second-order valence-electron chi connectivity index (χ2n) is 4.24. The van der Waals surface area contributed by atoms with Gasteiger partial charge in [-0.15, -0.1) is 0 Å². The molecule has 3 amide bonds. The van der Waals surface area contributed by atoms with Gasteiger partial charge in [-0.05, 0) is 31.6 Å². The van der Waals surface area contributed by atoms with Crippen LogP contribution in [-0.2, 0) is 11.8 Å². The van der Waals surface area contributed by atoms with Gasteiger partial charge in [0.05, 0.1) is 0 Å². The summed E-state index contributed by atoms with van der Waals surface area (Å²) < 4.78 is 2.04. The number of imide groups is 1. The molecule has 0 aliphatic carbocycles. The molecule has 0 atom stereocenters. The van der Waals surface area contributed by atoms with E-state index < -0.39 is 0 Å². The van der Waals surface area contributed by atoms with Crippen molar-refractivity contribution in [2.45, 2.75) is 13.8 Å². The molecule has 0 aromatic carbocycles. The number of hydrogen-bond donors (Lipinski definition) is 1. The van der Waals surface area contributed by atoms with Crippen molar-refractivity contribution in [1.29, 1.82) is 0 Å². The van der Waals surface area contributed by atoms with Gasteiger partial charge in [-0.1, -0.05) is 0 Å². The summed E-state index contributed by atoms with van der Waals surface area (Å²) in [7, 11) is 3.43. The summed E-state index contributed by atoms with van der Waals surface area (Å²) >= 11 is 0. The van der Waals surface area contributed by atoms with E-state index in [4.69, 9.17) is 0 Å². The Morgan fingerprint density at radius 1 is 1.24 bits per heavy atom. The summed E-state index contributed by atoms with van der Waals surface area (Å²) in [5.74, 6) is -0.295. The number of aryl methyl sites for hydroxylation is 1. The first-order valence-corrected chi connectivity index (χ1v) is 5.35. The quantitative estimate of drug-likeness (QED) is 0.584. The fourth-order valence-corrected chi connectivity index (χ4v) is 1.81. The molecule has 5 heteroatoms. The molecule has 90 valence electrons. The van der Waals surface area contributed by atoms with Crippen molar-refractivity contribution in [3.8, 4) is 0 Å². The highest BCUT2D eigenvalue weighted by Crippen LogP contribution is 2.18. The van der Waals surface area contributed by atoms with Crippen molar-refractivity contribution < 1.29 is 9.59 Å². The molecule has 1 aromatic heterocycles. The van der Waals surface area contributed by atoms with E-state index in [1.807, 2.05) is 31.5 Å². The van der Waals surface area contributed by atoms with E-state index in [-0.39, 0.29) is 11.9 Å². The zero-order valence-corrected chi connectivity index (χ0v) is 10.4. The van der Waals surface area contributed by atoms with E-state index in [1.54, 1.807) is 6.08 Å². The number of carbonyl (C=O) groups excluding carboxylic acids is 2. The zero-order chi connectivity index (χ0) is 12.7.